The highest BCUT2D eigenvalue weighted by Crippen LogP contribution is 2.29. The number of halogens is 1. The maximum Gasteiger partial charge on any atom is 0.262 e. The number of hydrogen-bond acceptors (Lipinski definition) is 3. The first kappa shape index (κ1) is 20.0. The second-order valence-electron chi connectivity index (χ2n) is 6.11. The minimum absolute atomic E-state index is 0.104. The molecule has 6 heteroatoms. The van der Waals surface area contributed by atoms with Crippen molar-refractivity contribution in [2.24, 2.45) is 0 Å². The lowest BCUT2D eigenvalue weighted by atomic mass is 10.0. The minimum atomic E-state index is -0.282. The fourth-order valence-corrected chi connectivity index (χ4v) is 2.82. The zero-order valence-corrected chi connectivity index (χ0v) is 16.7. The number of ether oxygens (including phenoxy) is 1. The summed E-state index contributed by atoms with van der Waals surface area (Å²) in [4.78, 5) is 24.1. The van der Waals surface area contributed by atoms with Crippen molar-refractivity contribution in [2.45, 2.75) is 26.7 Å². The Labute approximate surface area is 162 Å². The molecule has 0 bridgehead atoms. The summed E-state index contributed by atoms with van der Waals surface area (Å²) in [5, 5.41) is 5.49. The van der Waals surface area contributed by atoms with E-state index in [0.717, 1.165) is 10.0 Å². The molecule has 0 radical (unpaired) electrons. The second kappa shape index (κ2) is 9.38. The van der Waals surface area contributed by atoms with E-state index in [4.69, 9.17) is 4.74 Å². The van der Waals surface area contributed by atoms with E-state index in [0.29, 0.717) is 23.5 Å². The predicted molar refractivity (Wildman–Crippen MR) is 107 cm³/mol. The smallest absolute Gasteiger partial charge is 0.262 e. The molecule has 5 nitrogen and oxygen atoms in total. The fourth-order valence-electron chi connectivity index (χ4n) is 2.44. The number of nitrogens with one attached hydrogen (secondary N) is 2. The molecule has 0 fully saturated rings. The molecule has 2 aromatic carbocycles. The summed E-state index contributed by atoms with van der Waals surface area (Å²) in [6.07, 6.45) is 0. The Morgan fingerprint density at radius 1 is 1.15 bits per heavy atom. The van der Waals surface area contributed by atoms with Crippen LogP contribution in [0.15, 0.2) is 46.9 Å². The van der Waals surface area contributed by atoms with E-state index < -0.39 is 0 Å². The SMILES string of the molecule is CCNC(=O)c1cccc(NC(=O)COc2ccc(Br)cc2C(C)C)c1. The van der Waals surface area contributed by atoms with Gasteiger partial charge in [0.2, 0.25) is 0 Å². The molecule has 26 heavy (non-hydrogen) atoms. The number of amides is 2. The average molecular weight is 419 g/mol. The van der Waals surface area contributed by atoms with Crippen molar-refractivity contribution >= 4 is 33.4 Å². The molecule has 0 aliphatic heterocycles. The van der Waals surface area contributed by atoms with E-state index in [-0.39, 0.29) is 24.3 Å². The van der Waals surface area contributed by atoms with E-state index in [1.54, 1.807) is 24.3 Å². The van der Waals surface area contributed by atoms with Crippen LogP contribution in [-0.2, 0) is 4.79 Å². The summed E-state index contributed by atoms with van der Waals surface area (Å²) in [7, 11) is 0. The number of carbonyl (C=O) groups excluding carboxylic acids is 2. The van der Waals surface area contributed by atoms with Crippen LogP contribution in [0, 0.1) is 0 Å². The maximum absolute atomic E-state index is 12.2. The van der Waals surface area contributed by atoms with Gasteiger partial charge in [-0.15, -0.1) is 0 Å². The Hall–Kier alpha value is -2.34. The van der Waals surface area contributed by atoms with Crippen molar-refractivity contribution in [3.63, 3.8) is 0 Å². The highest BCUT2D eigenvalue weighted by Gasteiger charge is 2.11. The van der Waals surface area contributed by atoms with Gasteiger partial charge in [0.05, 0.1) is 0 Å². The highest BCUT2D eigenvalue weighted by molar-refractivity contribution is 9.10. The Bertz CT molecular complexity index is 790. The van der Waals surface area contributed by atoms with Gasteiger partial charge in [-0.05, 0) is 54.8 Å². The molecule has 0 aromatic heterocycles. The standard InChI is InChI=1S/C20H23BrN2O3/c1-4-22-20(25)14-6-5-7-16(10-14)23-19(24)12-26-18-9-8-15(21)11-17(18)13(2)3/h5-11,13H,4,12H2,1-3H3,(H,22,25)(H,23,24). The van der Waals surface area contributed by atoms with E-state index in [2.05, 4.69) is 40.4 Å². The Balaban J connectivity index is 2.00. The van der Waals surface area contributed by atoms with Gasteiger partial charge in [-0.25, -0.2) is 0 Å². The molecule has 0 unspecified atom stereocenters. The molecule has 0 atom stereocenters. The van der Waals surface area contributed by atoms with Crippen LogP contribution in [0.1, 0.15) is 42.6 Å². The van der Waals surface area contributed by atoms with Crippen molar-refractivity contribution in [1.29, 1.82) is 0 Å². The van der Waals surface area contributed by atoms with E-state index >= 15 is 0 Å². The third-order valence-electron chi connectivity index (χ3n) is 3.70. The largest absolute Gasteiger partial charge is 0.483 e. The second-order valence-corrected chi connectivity index (χ2v) is 7.03. The zero-order chi connectivity index (χ0) is 19.1. The van der Waals surface area contributed by atoms with Crippen molar-refractivity contribution < 1.29 is 14.3 Å². The molecular formula is C20H23BrN2O3. The third kappa shape index (κ3) is 5.59. The van der Waals surface area contributed by atoms with Crippen LogP contribution >= 0.6 is 15.9 Å². The van der Waals surface area contributed by atoms with Gasteiger partial charge in [-0.3, -0.25) is 9.59 Å². The van der Waals surface area contributed by atoms with Gasteiger partial charge < -0.3 is 15.4 Å². The first-order valence-corrected chi connectivity index (χ1v) is 9.30. The first-order valence-electron chi connectivity index (χ1n) is 8.51. The minimum Gasteiger partial charge on any atom is -0.483 e. The summed E-state index contributed by atoms with van der Waals surface area (Å²) in [5.74, 6) is 0.515. The average Bonchev–Trinajstić information content (AvgIpc) is 2.61. The molecule has 0 aliphatic carbocycles. The number of rotatable bonds is 7. The van der Waals surface area contributed by atoms with Gasteiger partial charge in [0, 0.05) is 22.3 Å². The molecule has 138 valence electrons. The van der Waals surface area contributed by atoms with Gasteiger partial charge in [0.15, 0.2) is 6.61 Å². The van der Waals surface area contributed by atoms with Crippen LogP contribution in [-0.4, -0.2) is 25.0 Å². The van der Waals surface area contributed by atoms with E-state index in [9.17, 15) is 9.59 Å². The van der Waals surface area contributed by atoms with Crippen molar-refractivity contribution in [2.75, 3.05) is 18.5 Å². The quantitative estimate of drug-likeness (QED) is 0.702. The van der Waals surface area contributed by atoms with E-state index in [1.807, 2.05) is 25.1 Å². The Kier molecular flexibility index (Phi) is 7.21. The summed E-state index contributed by atoms with van der Waals surface area (Å²) in [5.41, 5.74) is 2.09. The van der Waals surface area contributed by atoms with Crippen molar-refractivity contribution in [3.8, 4) is 5.75 Å². The molecule has 0 heterocycles. The molecular weight excluding hydrogens is 396 g/mol. The van der Waals surface area contributed by atoms with Crippen LogP contribution < -0.4 is 15.4 Å². The molecule has 2 N–H and O–H groups in total. The topological polar surface area (TPSA) is 67.4 Å². The highest BCUT2D eigenvalue weighted by atomic mass is 79.9. The monoisotopic (exact) mass is 418 g/mol. The normalized spacial score (nSPS) is 10.5. The molecule has 0 saturated carbocycles. The number of carbonyl (C=O) groups is 2. The molecule has 0 saturated heterocycles. The number of anilines is 1. The summed E-state index contributed by atoms with van der Waals surface area (Å²) >= 11 is 3.45. The van der Waals surface area contributed by atoms with Crippen LogP contribution in [0.2, 0.25) is 0 Å². The predicted octanol–water partition coefficient (Wildman–Crippen LogP) is 4.34. The lowest BCUT2D eigenvalue weighted by Crippen LogP contribution is -2.23. The summed E-state index contributed by atoms with van der Waals surface area (Å²) in [6.45, 7) is 6.44. The Morgan fingerprint density at radius 2 is 1.92 bits per heavy atom. The van der Waals surface area contributed by atoms with Gasteiger partial charge >= 0.3 is 0 Å². The maximum atomic E-state index is 12.2. The third-order valence-corrected chi connectivity index (χ3v) is 4.19. The lowest BCUT2D eigenvalue weighted by molar-refractivity contribution is -0.118. The van der Waals surface area contributed by atoms with Crippen molar-refractivity contribution in [1.82, 2.24) is 5.32 Å². The molecule has 2 rings (SSSR count). The molecule has 2 aromatic rings. The zero-order valence-electron chi connectivity index (χ0n) is 15.1. The van der Waals surface area contributed by atoms with Gasteiger partial charge in [-0.2, -0.15) is 0 Å². The van der Waals surface area contributed by atoms with Crippen LogP contribution in [0.4, 0.5) is 5.69 Å². The van der Waals surface area contributed by atoms with Crippen LogP contribution in [0.5, 0.6) is 5.75 Å². The van der Waals surface area contributed by atoms with Crippen molar-refractivity contribution in [3.05, 3.63) is 58.1 Å². The summed E-state index contributed by atoms with van der Waals surface area (Å²) < 4.78 is 6.66. The lowest BCUT2D eigenvalue weighted by Gasteiger charge is -2.14. The van der Waals surface area contributed by atoms with Gasteiger partial charge in [0.1, 0.15) is 5.75 Å². The van der Waals surface area contributed by atoms with Crippen LogP contribution in [0.25, 0.3) is 0 Å². The van der Waals surface area contributed by atoms with Gasteiger partial charge in [-0.1, -0.05) is 35.8 Å². The number of hydrogen-bond donors (Lipinski definition) is 2. The molecule has 0 aliphatic rings. The van der Waals surface area contributed by atoms with Crippen LogP contribution in [0.3, 0.4) is 0 Å². The Morgan fingerprint density at radius 3 is 2.62 bits per heavy atom. The summed E-state index contributed by atoms with van der Waals surface area (Å²) in [6, 6.07) is 12.5. The number of benzene rings is 2. The van der Waals surface area contributed by atoms with Gasteiger partial charge in [0.25, 0.3) is 11.8 Å². The molecule has 0 spiro atoms. The first-order chi connectivity index (χ1) is 12.4. The fraction of sp³-hybridized carbons (Fsp3) is 0.300. The van der Waals surface area contributed by atoms with E-state index in [1.165, 1.54) is 0 Å². The molecule has 2 amide bonds.